The maximum absolute atomic E-state index is 17.3. The lowest BCUT2D eigenvalue weighted by Crippen LogP contribution is -2.56. The number of aromatic hydroxyl groups is 1. The summed E-state index contributed by atoms with van der Waals surface area (Å²) in [6.07, 6.45) is 7.31. The summed E-state index contributed by atoms with van der Waals surface area (Å²) in [5.74, 6) is -0.0727. The number of anilines is 1. The number of pyridine rings is 1. The molecule has 0 bridgehead atoms. The summed E-state index contributed by atoms with van der Waals surface area (Å²) >= 11 is 0. The van der Waals surface area contributed by atoms with Gasteiger partial charge in [-0.15, -0.1) is 6.42 Å². The number of aryl methyl sites for hydroxylation is 1. The third kappa shape index (κ3) is 6.50. The summed E-state index contributed by atoms with van der Waals surface area (Å²) in [6.45, 7) is 4.50. The Bertz CT molecular complexity index is 2440. The zero-order valence-electron chi connectivity index (χ0n) is 31.0. The molecular formula is C41H39F5N8O3. The van der Waals surface area contributed by atoms with Crippen molar-refractivity contribution in [3.63, 3.8) is 0 Å². The summed E-state index contributed by atoms with van der Waals surface area (Å²) in [5, 5.41) is 15.5. The number of alkyl halides is 3. The Morgan fingerprint density at radius 1 is 1.05 bits per heavy atom. The normalized spacial score (nSPS) is 23.3. The summed E-state index contributed by atoms with van der Waals surface area (Å²) in [5.41, 5.74) is 0.106. The van der Waals surface area contributed by atoms with E-state index in [1.165, 1.54) is 30.3 Å². The SMILES string of the molecule is C#Cc1c(F)ccc2cc(O)cc(-c3nc4c5c(nc(OC[C@@]67CCCN6[C@H](COc6ccnc(C(F)(F)F)n6)CC7)nc5c3F)N3C[C@@H](CC)NC[C@H]3CC4)c12. The van der Waals surface area contributed by atoms with Gasteiger partial charge in [0, 0.05) is 54.4 Å². The molecule has 11 nitrogen and oxygen atoms in total. The molecule has 296 valence electrons. The largest absolute Gasteiger partial charge is 0.508 e. The Morgan fingerprint density at radius 2 is 1.91 bits per heavy atom. The first kappa shape index (κ1) is 37.2. The highest BCUT2D eigenvalue weighted by Crippen LogP contribution is 2.45. The van der Waals surface area contributed by atoms with Crippen LogP contribution in [0.25, 0.3) is 32.9 Å². The van der Waals surface area contributed by atoms with Crippen molar-refractivity contribution in [2.75, 3.05) is 37.7 Å². The van der Waals surface area contributed by atoms with Crippen LogP contribution in [-0.4, -0.2) is 91.4 Å². The molecule has 4 atom stereocenters. The van der Waals surface area contributed by atoms with Crippen molar-refractivity contribution >= 4 is 27.5 Å². The Labute approximate surface area is 324 Å². The van der Waals surface area contributed by atoms with E-state index in [0.717, 1.165) is 44.8 Å². The standard InChI is InChI=1S/C41H39F5N8O3/c1-3-23-19-53-24(18-48-23)7-9-30-33-36(34(43)35(49-30)28-17-26(55)16-22-6-8-29(42)27(4-2)32(22)28)51-39(52-37(33)53)57-21-40-12-5-15-54(40)25(10-13-40)20-56-31-11-14-47-38(50-31)41(44,45)46/h2,6,8,11,14,16-17,23-25,48,55H,3,5,7,9-10,12-13,15,18-21H2,1H3/t23-,24-,25+,40+/m1/s1. The highest BCUT2D eigenvalue weighted by atomic mass is 19.4. The molecule has 0 aliphatic carbocycles. The van der Waals surface area contributed by atoms with Gasteiger partial charge in [-0.3, -0.25) is 4.90 Å². The number of phenols is 1. The van der Waals surface area contributed by atoms with Crippen LogP contribution in [0.1, 0.15) is 62.5 Å². The fraction of sp³-hybridized carbons (Fsp3) is 0.439. The molecule has 3 saturated heterocycles. The molecule has 4 aliphatic rings. The van der Waals surface area contributed by atoms with Crippen LogP contribution < -0.4 is 19.7 Å². The second-order valence-corrected chi connectivity index (χ2v) is 15.3. The van der Waals surface area contributed by atoms with E-state index in [1.54, 1.807) is 0 Å². The van der Waals surface area contributed by atoms with Crippen LogP contribution in [0.15, 0.2) is 36.5 Å². The van der Waals surface area contributed by atoms with Crippen LogP contribution in [0.4, 0.5) is 27.8 Å². The van der Waals surface area contributed by atoms with Crippen LogP contribution in [-0.2, 0) is 12.6 Å². The number of nitrogens with zero attached hydrogens (tertiary/aromatic N) is 7. The summed E-state index contributed by atoms with van der Waals surface area (Å²) in [7, 11) is 0. The molecule has 0 unspecified atom stereocenters. The number of phenolic OH excluding ortho intramolecular Hbond substituents is 1. The predicted octanol–water partition coefficient (Wildman–Crippen LogP) is 6.58. The fourth-order valence-corrected chi connectivity index (χ4v) is 9.28. The Hall–Kier alpha value is -5.40. The van der Waals surface area contributed by atoms with Crippen molar-refractivity contribution in [2.24, 2.45) is 0 Å². The molecule has 5 aromatic rings. The minimum Gasteiger partial charge on any atom is -0.508 e. The number of nitrogens with one attached hydrogen (secondary N) is 1. The zero-order chi connectivity index (χ0) is 39.6. The number of benzene rings is 2. The Kier molecular flexibility index (Phi) is 9.27. The van der Waals surface area contributed by atoms with E-state index >= 15 is 8.78 Å². The van der Waals surface area contributed by atoms with Gasteiger partial charge in [0.25, 0.3) is 0 Å². The molecule has 2 aromatic carbocycles. The maximum Gasteiger partial charge on any atom is 0.451 e. The van der Waals surface area contributed by atoms with Crippen molar-refractivity contribution in [3.05, 3.63) is 65.2 Å². The summed E-state index contributed by atoms with van der Waals surface area (Å²) in [6, 6.07) is 6.89. The minimum atomic E-state index is -4.69. The van der Waals surface area contributed by atoms with Gasteiger partial charge in [-0.2, -0.15) is 28.1 Å². The van der Waals surface area contributed by atoms with E-state index in [9.17, 15) is 18.3 Å². The number of halogens is 5. The van der Waals surface area contributed by atoms with Gasteiger partial charge in [-0.25, -0.2) is 18.7 Å². The minimum absolute atomic E-state index is 0.000983. The van der Waals surface area contributed by atoms with Gasteiger partial charge in [0.05, 0.1) is 22.2 Å². The molecule has 7 heterocycles. The van der Waals surface area contributed by atoms with E-state index in [0.29, 0.717) is 48.2 Å². The van der Waals surface area contributed by atoms with Crippen molar-refractivity contribution in [1.29, 1.82) is 0 Å². The van der Waals surface area contributed by atoms with E-state index in [1.807, 2.05) is 0 Å². The predicted molar refractivity (Wildman–Crippen MR) is 201 cm³/mol. The van der Waals surface area contributed by atoms with Crippen LogP contribution in [0, 0.1) is 24.0 Å². The van der Waals surface area contributed by atoms with Crippen LogP contribution >= 0.6 is 0 Å². The molecule has 0 spiro atoms. The maximum atomic E-state index is 17.3. The second-order valence-electron chi connectivity index (χ2n) is 15.3. The van der Waals surface area contributed by atoms with E-state index in [4.69, 9.17) is 30.8 Å². The van der Waals surface area contributed by atoms with E-state index in [-0.39, 0.29) is 76.7 Å². The summed E-state index contributed by atoms with van der Waals surface area (Å²) < 4.78 is 84.3. The molecule has 2 N–H and O–H groups in total. The van der Waals surface area contributed by atoms with Crippen LogP contribution in [0.3, 0.4) is 0 Å². The number of hydrogen-bond donors (Lipinski definition) is 2. The summed E-state index contributed by atoms with van der Waals surface area (Å²) in [4.78, 5) is 25.9. The molecule has 57 heavy (non-hydrogen) atoms. The average Bonchev–Trinajstić information content (AvgIpc) is 3.73. The number of hydrogen-bond acceptors (Lipinski definition) is 11. The molecule has 3 fully saturated rings. The van der Waals surface area contributed by atoms with Gasteiger partial charge in [0.2, 0.25) is 11.7 Å². The van der Waals surface area contributed by atoms with Crippen molar-refractivity contribution in [2.45, 2.75) is 81.7 Å². The lowest BCUT2D eigenvalue weighted by Gasteiger charge is -2.40. The van der Waals surface area contributed by atoms with Gasteiger partial charge < -0.3 is 24.8 Å². The highest BCUT2D eigenvalue weighted by Gasteiger charge is 2.50. The number of piperazine rings is 1. The molecule has 3 aromatic heterocycles. The molecule has 9 rings (SSSR count). The monoisotopic (exact) mass is 786 g/mol. The molecule has 0 saturated carbocycles. The lowest BCUT2D eigenvalue weighted by atomic mass is 9.95. The van der Waals surface area contributed by atoms with Crippen molar-refractivity contribution in [3.8, 4) is 41.2 Å². The van der Waals surface area contributed by atoms with Gasteiger partial charge in [-0.05, 0) is 75.1 Å². The second kappa shape index (κ2) is 14.2. The number of rotatable bonds is 8. The molecule has 4 aliphatic heterocycles. The van der Waals surface area contributed by atoms with Gasteiger partial charge in [0.15, 0.2) is 5.82 Å². The van der Waals surface area contributed by atoms with E-state index in [2.05, 4.69) is 37.9 Å². The number of aromatic nitrogens is 5. The van der Waals surface area contributed by atoms with Gasteiger partial charge >= 0.3 is 12.2 Å². The molecule has 16 heteroatoms. The first-order valence-electron chi connectivity index (χ1n) is 19.2. The smallest absolute Gasteiger partial charge is 0.451 e. The van der Waals surface area contributed by atoms with Gasteiger partial charge in [-0.1, -0.05) is 18.9 Å². The topological polar surface area (TPSA) is 122 Å². The first-order chi connectivity index (χ1) is 27.5. The molecular weight excluding hydrogens is 747 g/mol. The average molecular weight is 787 g/mol. The number of fused-ring (bicyclic) bond motifs is 4. The van der Waals surface area contributed by atoms with Crippen LogP contribution in [0.2, 0.25) is 0 Å². The third-order valence-electron chi connectivity index (χ3n) is 12.1. The number of terminal acetylenes is 1. The van der Waals surface area contributed by atoms with Gasteiger partial charge in [0.1, 0.15) is 41.8 Å². The van der Waals surface area contributed by atoms with E-state index < -0.39 is 29.2 Å². The Morgan fingerprint density at radius 3 is 2.72 bits per heavy atom. The number of ether oxygens (including phenoxy) is 2. The molecule has 0 radical (unpaired) electrons. The lowest BCUT2D eigenvalue weighted by molar-refractivity contribution is -0.145. The fourth-order valence-electron chi connectivity index (χ4n) is 9.28. The highest BCUT2D eigenvalue weighted by molar-refractivity contribution is 6.03. The van der Waals surface area contributed by atoms with Crippen LogP contribution in [0.5, 0.6) is 17.6 Å². The molecule has 0 amide bonds. The third-order valence-corrected chi connectivity index (χ3v) is 12.1. The van der Waals surface area contributed by atoms with Crippen molar-refractivity contribution < 1.29 is 36.5 Å². The Balaban J connectivity index is 1.09. The van der Waals surface area contributed by atoms with Crippen molar-refractivity contribution in [1.82, 2.24) is 35.1 Å². The first-order valence-corrected chi connectivity index (χ1v) is 19.2. The quantitative estimate of drug-likeness (QED) is 0.131. The zero-order valence-corrected chi connectivity index (χ0v) is 31.0.